The van der Waals surface area contributed by atoms with Crippen LogP contribution in [0, 0.1) is 11.3 Å². The second-order valence-corrected chi connectivity index (χ2v) is 6.61. The molecule has 0 fully saturated rings. The maximum atomic E-state index is 12.2. The van der Waals surface area contributed by atoms with E-state index in [2.05, 4.69) is 23.2 Å². The number of ether oxygens (including phenoxy) is 1. The molecule has 142 valence electrons. The Morgan fingerprint density at radius 3 is 2.52 bits per heavy atom. The summed E-state index contributed by atoms with van der Waals surface area (Å²) in [4.78, 5) is 14.3. The van der Waals surface area contributed by atoms with Gasteiger partial charge in [-0.3, -0.25) is 9.69 Å². The molecule has 0 bridgehead atoms. The van der Waals surface area contributed by atoms with E-state index in [9.17, 15) is 4.79 Å². The topological polar surface area (TPSA) is 65.4 Å². The molecule has 0 unspecified atom stereocenters. The smallest absolute Gasteiger partial charge is 0.234 e. The summed E-state index contributed by atoms with van der Waals surface area (Å²) in [7, 11) is 0. The molecule has 0 heterocycles. The van der Waals surface area contributed by atoms with Gasteiger partial charge in [-0.2, -0.15) is 5.26 Å². The van der Waals surface area contributed by atoms with Crippen LogP contribution in [-0.4, -0.2) is 37.0 Å². The molecule has 2 aromatic rings. The monoisotopic (exact) mass is 385 g/mol. The van der Waals surface area contributed by atoms with Gasteiger partial charge in [0.05, 0.1) is 24.7 Å². The van der Waals surface area contributed by atoms with Gasteiger partial charge in [0.15, 0.2) is 0 Å². The van der Waals surface area contributed by atoms with E-state index in [-0.39, 0.29) is 5.91 Å². The number of carbonyl (C=O) groups excluding carboxylic acids is 1. The molecule has 0 aliphatic rings. The fourth-order valence-corrected chi connectivity index (χ4v) is 2.75. The van der Waals surface area contributed by atoms with Crippen LogP contribution in [0.25, 0.3) is 0 Å². The van der Waals surface area contributed by atoms with Crippen molar-refractivity contribution in [2.24, 2.45) is 0 Å². The number of nitrogens with zero attached hydrogens (tertiary/aromatic N) is 2. The number of halogens is 1. The Bertz CT molecular complexity index is 754. The third-order valence-corrected chi connectivity index (χ3v) is 4.15. The van der Waals surface area contributed by atoms with Crippen LogP contribution < -0.4 is 10.1 Å². The summed E-state index contributed by atoms with van der Waals surface area (Å²) < 4.78 is 5.57. The van der Waals surface area contributed by atoms with E-state index in [1.54, 1.807) is 36.4 Å². The standard InChI is InChI=1S/C21H24ClN3O2/c1-2-12-25(15-18-5-3-17(14-23)4-6-18)16-21(26)24-11-13-27-20-9-7-19(22)8-10-20/h3-10H,2,11-13,15-16H2,1H3,(H,24,26). The lowest BCUT2D eigenvalue weighted by Crippen LogP contribution is -2.38. The lowest BCUT2D eigenvalue weighted by atomic mass is 10.1. The summed E-state index contributed by atoms with van der Waals surface area (Å²) in [6.07, 6.45) is 0.962. The highest BCUT2D eigenvalue weighted by Gasteiger charge is 2.10. The van der Waals surface area contributed by atoms with Gasteiger partial charge in [0.2, 0.25) is 5.91 Å². The molecule has 2 rings (SSSR count). The average molecular weight is 386 g/mol. The second-order valence-electron chi connectivity index (χ2n) is 6.17. The van der Waals surface area contributed by atoms with Crippen molar-refractivity contribution in [1.29, 1.82) is 5.26 Å². The molecule has 0 radical (unpaired) electrons. The Morgan fingerprint density at radius 2 is 1.89 bits per heavy atom. The Kier molecular flexibility index (Phi) is 8.63. The first-order valence-corrected chi connectivity index (χ1v) is 9.35. The Hall–Kier alpha value is -2.55. The van der Waals surface area contributed by atoms with Crippen LogP contribution in [0.4, 0.5) is 0 Å². The maximum Gasteiger partial charge on any atom is 0.234 e. The van der Waals surface area contributed by atoms with Crippen molar-refractivity contribution in [2.45, 2.75) is 19.9 Å². The largest absolute Gasteiger partial charge is 0.492 e. The lowest BCUT2D eigenvalue weighted by Gasteiger charge is -2.21. The molecule has 0 spiro atoms. The molecule has 6 heteroatoms. The van der Waals surface area contributed by atoms with Crippen molar-refractivity contribution >= 4 is 17.5 Å². The van der Waals surface area contributed by atoms with Crippen LogP contribution in [-0.2, 0) is 11.3 Å². The molecule has 0 aliphatic carbocycles. The molecule has 0 saturated heterocycles. The molecule has 1 N–H and O–H groups in total. The Morgan fingerprint density at radius 1 is 1.19 bits per heavy atom. The van der Waals surface area contributed by atoms with E-state index >= 15 is 0 Å². The first-order valence-electron chi connectivity index (χ1n) is 8.97. The molecule has 0 saturated carbocycles. The van der Waals surface area contributed by atoms with Crippen molar-refractivity contribution in [3.05, 3.63) is 64.7 Å². The third kappa shape index (κ3) is 7.69. The molecule has 0 aromatic heterocycles. The summed E-state index contributed by atoms with van der Waals surface area (Å²) in [5, 5.41) is 12.4. The number of nitrogens with one attached hydrogen (secondary N) is 1. The van der Waals surface area contributed by atoms with Crippen molar-refractivity contribution in [2.75, 3.05) is 26.2 Å². The predicted molar refractivity (Wildman–Crippen MR) is 107 cm³/mol. The average Bonchev–Trinajstić information content (AvgIpc) is 2.67. The molecule has 27 heavy (non-hydrogen) atoms. The van der Waals surface area contributed by atoms with Crippen molar-refractivity contribution < 1.29 is 9.53 Å². The van der Waals surface area contributed by atoms with E-state index < -0.39 is 0 Å². The zero-order valence-electron chi connectivity index (χ0n) is 15.5. The van der Waals surface area contributed by atoms with Gasteiger partial charge in [0.25, 0.3) is 0 Å². The number of nitriles is 1. The van der Waals surface area contributed by atoms with E-state index in [0.717, 1.165) is 24.3 Å². The Balaban J connectivity index is 1.74. The second kappa shape index (κ2) is 11.2. The Labute approximate surface area is 165 Å². The van der Waals surface area contributed by atoms with Crippen LogP contribution in [0.5, 0.6) is 5.75 Å². The minimum absolute atomic E-state index is 0.0307. The van der Waals surface area contributed by atoms with E-state index in [0.29, 0.717) is 36.8 Å². The van der Waals surface area contributed by atoms with Gasteiger partial charge in [-0.05, 0) is 54.9 Å². The number of rotatable bonds is 10. The first kappa shape index (κ1) is 20.8. The summed E-state index contributed by atoms with van der Waals surface area (Å²) in [5.41, 5.74) is 1.72. The predicted octanol–water partition coefficient (Wildman–Crippen LogP) is 3.62. The van der Waals surface area contributed by atoms with Crippen LogP contribution >= 0.6 is 11.6 Å². The van der Waals surface area contributed by atoms with Crippen LogP contribution in [0.15, 0.2) is 48.5 Å². The van der Waals surface area contributed by atoms with E-state index in [4.69, 9.17) is 21.6 Å². The SMILES string of the molecule is CCCN(CC(=O)NCCOc1ccc(Cl)cc1)Cc1ccc(C#N)cc1. The van der Waals surface area contributed by atoms with Crippen LogP contribution in [0.3, 0.4) is 0 Å². The van der Waals surface area contributed by atoms with E-state index in [1.807, 2.05) is 12.1 Å². The summed E-state index contributed by atoms with van der Waals surface area (Å²) in [6.45, 7) is 4.76. The van der Waals surface area contributed by atoms with Crippen LogP contribution in [0.2, 0.25) is 5.02 Å². The lowest BCUT2D eigenvalue weighted by molar-refractivity contribution is -0.122. The maximum absolute atomic E-state index is 12.2. The van der Waals surface area contributed by atoms with Crippen molar-refractivity contribution in [1.82, 2.24) is 10.2 Å². The summed E-state index contributed by atoms with van der Waals surface area (Å²) >= 11 is 5.83. The molecule has 0 aliphatic heterocycles. The van der Waals surface area contributed by atoms with Gasteiger partial charge >= 0.3 is 0 Å². The zero-order chi connectivity index (χ0) is 19.5. The van der Waals surface area contributed by atoms with Gasteiger partial charge in [-0.25, -0.2) is 0 Å². The molecular weight excluding hydrogens is 362 g/mol. The van der Waals surface area contributed by atoms with E-state index in [1.165, 1.54) is 0 Å². The first-order chi connectivity index (χ1) is 13.1. The fourth-order valence-electron chi connectivity index (χ4n) is 2.62. The molecule has 5 nitrogen and oxygen atoms in total. The minimum Gasteiger partial charge on any atom is -0.492 e. The number of hydrogen-bond acceptors (Lipinski definition) is 4. The number of benzene rings is 2. The molecule has 0 atom stereocenters. The quantitative estimate of drug-likeness (QED) is 0.634. The molecular formula is C21H24ClN3O2. The number of carbonyl (C=O) groups is 1. The third-order valence-electron chi connectivity index (χ3n) is 3.90. The van der Waals surface area contributed by atoms with Gasteiger partial charge < -0.3 is 10.1 Å². The zero-order valence-corrected chi connectivity index (χ0v) is 16.2. The summed E-state index contributed by atoms with van der Waals surface area (Å²) in [5.74, 6) is 0.693. The van der Waals surface area contributed by atoms with Gasteiger partial charge in [-0.15, -0.1) is 0 Å². The van der Waals surface area contributed by atoms with Crippen molar-refractivity contribution in [3.8, 4) is 11.8 Å². The highest BCUT2D eigenvalue weighted by atomic mass is 35.5. The normalized spacial score (nSPS) is 10.4. The minimum atomic E-state index is -0.0307. The summed E-state index contributed by atoms with van der Waals surface area (Å²) in [6, 6.07) is 16.7. The van der Waals surface area contributed by atoms with Gasteiger partial charge in [0, 0.05) is 11.6 Å². The van der Waals surface area contributed by atoms with Crippen LogP contribution in [0.1, 0.15) is 24.5 Å². The molecule has 2 aromatic carbocycles. The number of amides is 1. The van der Waals surface area contributed by atoms with Gasteiger partial charge in [0.1, 0.15) is 12.4 Å². The highest BCUT2D eigenvalue weighted by molar-refractivity contribution is 6.30. The number of hydrogen-bond donors (Lipinski definition) is 1. The van der Waals surface area contributed by atoms with Gasteiger partial charge in [-0.1, -0.05) is 30.7 Å². The highest BCUT2D eigenvalue weighted by Crippen LogP contribution is 2.15. The van der Waals surface area contributed by atoms with Crippen molar-refractivity contribution in [3.63, 3.8) is 0 Å². The molecule has 1 amide bonds. The fraction of sp³-hybridized carbons (Fsp3) is 0.333.